The van der Waals surface area contributed by atoms with Gasteiger partial charge in [0.2, 0.25) is 5.75 Å². The highest BCUT2D eigenvalue weighted by molar-refractivity contribution is 5.67. The Morgan fingerprint density at radius 3 is 1.68 bits per heavy atom. The second-order valence-corrected chi connectivity index (χ2v) is 12.2. The molecule has 2 aliphatic carbocycles. The summed E-state index contributed by atoms with van der Waals surface area (Å²) in [6.45, 7) is 3.43. The van der Waals surface area contributed by atoms with Gasteiger partial charge in [-0.25, -0.2) is 17.6 Å². The van der Waals surface area contributed by atoms with Crippen LogP contribution in [0.5, 0.6) is 11.5 Å². The van der Waals surface area contributed by atoms with Crippen molar-refractivity contribution in [3.63, 3.8) is 0 Å². The molecule has 0 amide bonds. The molecule has 0 bridgehead atoms. The van der Waals surface area contributed by atoms with Crippen molar-refractivity contribution in [1.82, 2.24) is 0 Å². The minimum atomic E-state index is -5.42. The van der Waals surface area contributed by atoms with Gasteiger partial charge in [-0.3, -0.25) is 0 Å². The van der Waals surface area contributed by atoms with Gasteiger partial charge in [-0.1, -0.05) is 19.8 Å². The number of rotatable bonds is 7. The molecule has 244 valence electrons. The van der Waals surface area contributed by atoms with Crippen molar-refractivity contribution < 1.29 is 58.5 Å². The number of hydrogen-bond acceptors (Lipinski definition) is 4. The largest absolute Gasteiger partial charge is 0.573 e. The van der Waals surface area contributed by atoms with Crippen LogP contribution in [0, 0.1) is 52.9 Å². The fourth-order valence-electron chi connectivity index (χ4n) is 6.60. The first-order chi connectivity index (χ1) is 20.7. The second-order valence-electron chi connectivity index (χ2n) is 12.2. The predicted octanol–water partition coefficient (Wildman–Crippen LogP) is 9.40. The van der Waals surface area contributed by atoms with Gasteiger partial charge in [-0.05, 0) is 68.1 Å². The molecule has 1 heterocycles. The Labute approximate surface area is 248 Å². The van der Waals surface area contributed by atoms with E-state index in [1.54, 1.807) is 0 Å². The normalized spacial score (nSPS) is 28.5. The molecule has 2 saturated carbocycles. The summed E-state index contributed by atoms with van der Waals surface area (Å²) in [6, 6.07) is 1.30. The molecule has 5 rings (SSSR count). The van der Waals surface area contributed by atoms with Crippen LogP contribution in [0.4, 0.5) is 39.5 Å². The van der Waals surface area contributed by atoms with Gasteiger partial charge in [0.15, 0.2) is 17.9 Å². The summed E-state index contributed by atoms with van der Waals surface area (Å²) in [4.78, 5) is 0. The molecule has 0 unspecified atom stereocenters. The molecule has 13 heteroatoms. The number of hydrogen-bond donors (Lipinski definition) is 0. The maximum absolute atomic E-state index is 15.1. The summed E-state index contributed by atoms with van der Waals surface area (Å²) in [5, 5.41) is 0. The molecule has 1 saturated heterocycles. The number of benzene rings is 2. The maximum Gasteiger partial charge on any atom is 0.573 e. The van der Waals surface area contributed by atoms with Crippen LogP contribution in [-0.4, -0.2) is 32.0 Å². The Balaban J connectivity index is 1.17. The fraction of sp³-hybridized carbons (Fsp3) is 0.613. The topological polar surface area (TPSA) is 36.9 Å². The van der Waals surface area contributed by atoms with Crippen molar-refractivity contribution in [3.05, 3.63) is 47.5 Å². The standard InChI is InChI=1S/C31H33F9O4/c1-16-2-4-17(5-3-16)20-14-41-29(42-15-20)18-6-8-21(9-7-18)30(36,37)43-22-12-23(32)27(24(33)13-22)19-10-25(34)28(26(35)11-19)44-31(38,39)40/h10-13,16-18,20-21,29H,2-9,14-15H2,1H3. The predicted molar refractivity (Wildman–Crippen MR) is 140 cm³/mol. The quantitative estimate of drug-likeness (QED) is 0.283. The number of alkyl halides is 5. The molecule has 0 atom stereocenters. The third-order valence-electron chi connectivity index (χ3n) is 9.08. The molecule has 0 radical (unpaired) electrons. The second kappa shape index (κ2) is 13.0. The minimum absolute atomic E-state index is 0.0543. The number of halogens is 9. The minimum Gasteiger partial charge on any atom is -0.432 e. The zero-order valence-corrected chi connectivity index (χ0v) is 23.9. The summed E-state index contributed by atoms with van der Waals surface area (Å²) in [5.74, 6) is -9.14. The Morgan fingerprint density at radius 1 is 0.636 bits per heavy atom. The Hall–Kier alpha value is -2.67. The first kappa shape index (κ1) is 32.7. The molecule has 2 aromatic rings. The monoisotopic (exact) mass is 640 g/mol. The number of ether oxygens (including phenoxy) is 4. The Bertz CT molecular complexity index is 1250. The summed E-state index contributed by atoms with van der Waals surface area (Å²) >= 11 is 0. The lowest BCUT2D eigenvalue weighted by molar-refractivity contribution is -0.276. The molecule has 4 nitrogen and oxygen atoms in total. The Morgan fingerprint density at radius 2 is 1.16 bits per heavy atom. The summed E-state index contributed by atoms with van der Waals surface area (Å²) in [6.07, 6.45) is -4.09. The van der Waals surface area contributed by atoms with Gasteiger partial charge in [0.1, 0.15) is 17.4 Å². The van der Waals surface area contributed by atoms with Crippen LogP contribution < -0.4 is 9.47 Å². The van der Waals surface area contributed by atoms with Crippen LogP contribution >= 0.6 is 0 Å². The van der Waals surface area contributed by atoms with E-state index < -0.39 is 70.6 Å². The van der Waals surface area contributed by atoms with E-state index in [9.17, 15) is 30.7 Å². The van der Waals surface area contributed by atoms with Gasteiger partial charge in [-0.2, -0.15) is 8.78 Å². The van der Waals surface area contributed by atoms with E-state index in [4.69, 9.17) is 14.2 Å². The van der Waals surface area contributed by atoms with Crippen molar-refractivity contribution in [1.29, 1.82) is 0 Å². The van der Waals surface area contributed by atoms with Gasteiger partial charge < -0.3 is 18.9 Å². The van der Waals surface area contributed by atoms with E-state index >= 15 is 8.78 Å². The molecular formula is C31H33F9O4. The van der Waals surface area contributed by atoms with Crippen molar-refractivity contribution in [2.75, 3.05) is 13.2 Å². The van der Waals surface area contributed by atoms with Gasteiger partial charge >= 0.3 is 12.5 Å². The van der Waals surface area contributed by atoms with Crippen molar-refractivity contribution in [3.8, 4) is 22.6 Å². The highest BCUT2D eigenvalue weighted by Crippen LogP contribution is 2.44. The lowest BCUT2D eigenvalue weighted by Crippen LogP contribution is -2.43. The first-order valence-corrected chi connectivity index (χ1v) is 14.7. The third-order valence-corrected chi connectivity index (χ3v) is 9.08. The van der Waals surface area contributed by atoms with Crippen LogP contribution in [-0.2, 0) is 9.47 Å². The first-order valence-electron chi connectivity index (χ1n) is 14.7. The lowest BCUT2D eigenvalue weighted by Gasteiger charge is -2.41. The Kier molecular flexibility index (Phi) is 9.65. The molecule has 0 N–H and O–H groups in total. The van der Waals surface area contributed by atoms with Crippen molar-refractivity contribution in [2.24, 2.45) is 29.6 Å². The summed E-state index contributed by atoms with van der Waals surface area (Å²) < 4.78 is 145. The third kappa shape index (κ3) is 7.58. The molecule has 0 spiro atoms. The van der Waals surface area contributed by atoms with Crippen LogP contribution in [0.15, 0.2) is 24.3 Å². The van der Waals surface area contributed by atoms with Gasteiger partial charge in [0.25, 0.3) is 0 Å². The molecule has 1 aliphatic heterocycles. The van der Waals surface area contributed by atoms with Crippen LogP contribution in [0.1, 0.15) is 58.3 Å². The highest BCUT2D eigenvalue weighted by Gasteiger charge is 2.46. The maximum atomic E-state index is 15.1. The van der Waals surface area contributed by atoms with E-state index in [1.165, 1.54) is 12.8 Å². The van der Waals surface area contributed by atoms with E-state index in [0.717, 1.165) is 18.8 Å². The SMILES string of the molecule is CC1CCC(C2COC(C3CCC(C(F)(F)Oc4cc(F)c(-c5cc(F)c(OC(F)(F)F)c(F)c5)c(F)c4)CC3)OC2)CC1. The van der Waals surface area contributed by atoms with Crippen LogP contribution in [0.3, 0.4) is 0 Å². The van der Waals surface area contributed by atoms with Crippen LogP contribution in [0.2, 0.25) is 0 Å². The molecule has 3 fully saturated rings. The summed E-state index contributed by atoms with van der Waals surface area (Å²) in [5.41, 5.74) is -1.86. The van der Waals surface area contributed by atoms with Crippen molar-refractivity contribution >= 4 is 0 Å². The lowest BCUT2D eigenvalue weighted by atomic mass is 9.76. The van der Waals surface area contributed by atoms with E-state index in [2.05, 4.69) is 11.7 Å². The summed E-state index contributed by atoms with van der Waals surface area (Å²) in [7, 11) is 0. The highest BCUT2D eigenvalue weighted by atomic mass is 19.4. The van der Waals surface area contributed by atoms with E-state index in [0.29, 0.717) is 50.0 Å². The van der Waals surface area contributed by atoms with E-state index in [1.807, 2.05) is 0 Å². The molecule has 0 aromatic heterocycles. The zero-order chi connectivity index (χ0) is 31.8. The van der Waals surface area contributed by atoms with Crippen molar-refractivity contribution in [2.45, 2.75) is 77.1 Å². The molecular weight excluding hydrogens is 607 g/mol. The molecule has 2 aromatic carbocycles. The van der Waals surface area contributed by atoms with E-state index in [-0.39, 0.29) is 30.9 Å². The molecule has 3 aliphatic rings. The van der Waals surface area contributed by atoms with Gasteiger partial charge in [-0.15, -0.1) is 13.2 Å². The average molecular weight is 641 g/mol. The van der Waals surface area contributed by atoms with Gasteiger partial charge in [0.05, 0.1) is 24.7 Å². The smallest absolute Gasteiger partial charge is 0.432 e. The molecule has 44 heavy (non-hydrogen) atoms. The van der Waals surface area contributed by atoms with Crippen LogP contribution in [0.25, 0.3) is 11.1 Å². The van der Waals surface area contributed by atoms with Gasteiger partial charge in [0, 0.05) is 24.0 Å². The fourth-order valence-corrected chi connectivity index (χ4v) is 6.60. The zero-order valence-electron chi connectivity index (χ0n) is 23.9. The average Bonchev–Trinajstić information content (AvgIpc) is 2.94.